The van der Waals surface area contributed by atoms with Crippen LogP contribution >= 0.6 is 11.8 Å². The average molecular weight is 237 g/mol. The molecule has 0 aromatic carbocycles. The third kappa shape index (κ3) is 2.43. The topological polar surface area (TPSA) is 37.0 Å². The molecular weight excluding hydrogens is 218 g/mol. The first-order valence-electron chi connectivity index (χ1n) is 5.70. The second kappa shape index (κ2) is 4.95. The molecule has 4 heteroatoms. The molecule has 1 fully saturated rings. The predicted octanol–water partition coefficient (Wildman–Crippen LogP) is 2.82. The van der Waals surface area contributed by atoms with Gasteiger partial charge in [-0.2, -0.15) is 11.8 Å². The van der Waals surface area contributed by atoms with E-state index < -0.39 is 0 Å². The zero-order valence-corrected chi connectivity index (χ0v) is 10.7. The lowest BCUT2D eigenvalue weighted by Crippen LogP contribution is -2.40. The molecule has 1 aromatic heterocycles. The summed E-state index contributed by atoms with van der Waals surface area (Å²) in [6.45, 7) is 1.04. The van der Waals surface area contributed by atoms with E-state index in [4.69, 9.17) is 0 Å². The van der Waals surface area contributed by atoms with Crippen LogP contribution in [0, 0.1) is 0 Å². The Bertz CT molecular complexity index is 344. The van der Waals surface area contributed by atoms with Crippen LogP contribution in [-0.2, 0) is 0 Å². The van der Waals surface area contributed by atoms with Crippen LogP contribution < -0.4 is 10.6 Å². The predicted molar refractivity (Wildman–Crippen MR) is 72.4 cm³/mol. The minimum absolute atomic E-state index is 0.468. The Kier molecular flexibility index (Phi) is 3.59. The molecule has 2 rings (SSSR count). The molecule has 1 aromatic rings. The van der Waals surface area contributed by atoms with Gasteiger partial charge in [-0.05, 0) is 25.2 Å². The molecule has 88 valence electrons. The highest BCUT2D eigenvalue weighted by Gasteiger charge is 2.35. The van der Waals surface area contributed by atoms with Crippen molar-refractivity contribution in [3.05, 3.63) is 18.5 Å². The molecule has 0 bridgehead atoms. The summed E-state index contributed by atoms with van der Waals surface area (Å²) in [5.74, 6) is 0. The van der Waals surface area contributed by atoms with Crippen molar-refractivity contribution in [3.8, 4) is 0 Å². The first kappa shape index (κ1) is 11.6. The molecule has 0 atom stereocenters. The van der Waals surface area contributed by atoms with E-state index in [0.717, 1.165) is 17.9 Å². The van der Waals surface area contributed by atoms with Gasteiger partial charge in [-0.1, -0.05) is 6.42 Å². The van der Waals surface area contributed by atoms with Crippen molar-refractivity contribution in [3.63, 3.8) is 0 Å². The fraction of sp³-hybridized carbons (Fsp3) is 0.583. The fourth-order valence-corrected chi connectivity index (χ4v) is 2.87. The maximum absolute atomic E-state index is 4.19. The third-order valence-corrected chi connectivity index (χ3v) is 4.76. The van der Waals surface area contributed by atoms with Crippen LogP contribution in [-0.4, -0.2) is 29.6 Å². The zero-order valence-electron chi connectivity index (χ0n) is 9.92. The summed E-state index contributed by atoms with van der Waals surface area (Å²) in [5.41, 5.74) is 2.16. The average Bonchev–Trinajstić information content (AvgIpc) is 2.29. The molecule has 1 aliphatic rings. The molecule has 0 spiro atoms. The lowest BCUT2D eigenvalue weighted by molar-refractivity contribution is 0.380. The summed E-state index contributed by atoms with van der Waals surface area (Å²) < 4.78 is 0.468. The summed E-state index contributed by atoms with van der Waals surface area (Å²) in [7, 11) is 1.91. The molecule has 2 N–H and O–H groups in total. The molecule has 0 radical (unpaired) electrons. The van der Waals surface area contributed by atoms with Crippen LogP contribution in [0.15, 0.2) is 18.5 Å². The van der Waals surface area contributed by atoms with E-state index in [-0.39, 0.29) is 0 Å². The second-order valence-electron chi connectivity index (χ2n) is 4.31. The minimum atomic E-state index is 0.468. The van der Waals surface area contributed by atoms with Gasteiger partial charge in [0.15, 0.2) is 0 Å². The van der Waals surface area contributed by atoms with Gasteiger partial charge < -0.3 is 10.6 Å². The van der Waals surface area contributed by atoms with Gasteiger partial charge >= 0.3 is 0 Å². The molecule has 1 aliphatic carbocycles. The Labute approximate surface area is 101 Å². The van der Waals surface area contributed by atoms with Crippen molar-refractivity contribution in [2.45, 2.75) is 24.0 Å². The molecule has 16 heavy (non-hydrogen) atoms. The minimum Gasteiger partial charge on any atom is -0.387 e. The van der Waals surface area contributed by atoms with Gasteiger partial charge in [0.05, 0.1) is 23.8 Å². The van der Waals surface area contributed by atoms with Crippen LogP contribution in [0.25, 0.3) is 0 Å². The maximum Gasteiger partial charge on any atom is 0.0547 e. The number of thioether (sulfide) groups is 1. The zero-order chi connectivity index (χ0) is 11.4. The van der Waals surface area contributed by atoms with Gasteiger partial charge in [-0.3, -0.25) is 4.98 Å². The van der Waals surface area contributed by atoms with Gasteiger partial charge in [0.25, 0.3) is 0 Å². The Morgan fingerprint density at radius 1 is 1.38 bits per heavy atom. The van der Waals surface area contributed by atoms with Crippen molar-refractivity contribution in [1.82, 2.24) is 4.98 Å². The number of rotatable bonds is 5. The van der Waals surface area contributed by atoms with Crippen molar-refractivity contribution >= 4 is 23.1 Å². The largest absolute Gasteiger partial charge is 0.387 e. The highest BCUT2D eigenvalue weighted by atomic mass is 32.2. The highest BCUT2D eigenvalue weighted by molar-refractivity contribution is 8.00. The van der Waals surface area contributed by atoms with Gasteiger partial charge in [-0.25, -0.2) is 0 Å². The Morgan fingerprint density at radius 3 is 2.69 bits per heavy atom. The SMILES string of the molecule is CNc1cncc(NCC2(SC)CCC2)c1. The number of nitrogens with zero attached hydrogens (tertiary/aromatic N) is 1. The molecule has 1 saturated carbocycles. The molecule has 0 saturated heterocycles. The number of anilines is 2. The number of hydrogen-bond acceptors (Lipinski definition) is 4. The van der Waals surface area contributed by atoms with Gasteiger partial charge in [0.2, 0.25) is 0 Å². The van der Waals surface area contributed by atoms with E-state index in [2.05, 4.69) is 27.9 Å². The van der Waals surface area contributed by atoms with E-state index in [1.807, 2.05) is 31.2 Å². The summed E-state index contributed by atoms with van der Waals surface area (Å²) in [5, 5.41) is 6.59. The quantitative estimate of drug-likeness (QED) is 0.825. The fourth-order valence-electron chi connectivity index (χ4n) is 1.96. The Hall–Kier alpha value is -0.900. The first-order valence-corrected chi connectivity index (χ1v) is 6.92. The third-order valence-electron chi connectivity index (χ3n) is 3.34. The number of hydrogen-bond donors (Lipinski definition) is 2. The Balaban J connectivity index is 1.93. The van der Waals surface area contributed by atoms with Gasteiger partial charge in [0, 0.05) is 18.3 Å². The van der Waals surface area contributed by atoms with E-state index >= 15 is 0 Å². The summed E-state index contributed by atoms with van der Waals surface area (Å²) in [6.07, 6.45) is 9.97. The number of aromatic nitrogens is 1. The summed E-state index contributed by atoms with van der Waals surface area (Å²) in [6, 6.07) is 2.10. The van der Waals surface area contributed by atoms with Gasteiger partial charge in [0.1, 0.15) is 0 Å². The molecule has 0 unspecified atom stereocenters. The van der Waals surface area contributed by atoms with Crippen molar-refractivity contribution < 1.29 is 0 Å². The van der Waals surface area contributed by atoms with Crippen LogP contribution in [0.3, 0.4) is 0 Å². The van der Waals surface area contributed by atoms with E-state index in [9.17, 15) is 0 Å². The molecule has 1 heterocycles. The Morgan fingerprint density at radius 2 is 2.12 bits per heavy atom. The number of pyridine rings is 1. The standard InChI is InChI=1S/C12H19N3S/c1-13-10-6-11(8-14-7-10)15-9-12(16-2)4-3-5-12/h6-8,13,15H,3-5,9H2,1-2H3. The molecule has 0 amide bonds. The van der Waals surface area contributed by atoms with Gasteiger partial charge in [-0.15, -0.1) is 0 Å². The van der Waals surface area contributed by atoms with E-state index in [1.165, 1.54) is 19.3 Å². The lowest BCUT2D eigenvalue weighted by atomic mass is 9.84. The van der Waals surface area contributed by atoms with E-state index in [0.29, 0.717) is 4.75 Å². The van der Waals surface area contributed by atoms with Crippen LogP contribution in [0.5, 0.6) is 0 Å². The molecular formula is C12H19N3S. The lowest BCUT2D eigenvalue weighted by Gasteiger charge is -2.40. The van der Waals surface area contributed by atoms with E-state index in [1.54, 1.807) is 0 Å². The first-order chi connectivity index (χ1) is 7.78. The summed E-state index contributed by atoms with van der Waals surface area (Å²) >= 11 is 1.99. The smallest absolute Gasteiger partial charge is 0.0547 e. The van der Waals surface area contributed by atoms with Crippen LogP contribution in [0.2, 0.25) is 0 Å². The van der Waals surface area contributed by atoms with Crippen molar-refractivity contribution in [1.29, 1.82) is 0 Å². The highest BCUT2D eigenvalue weighted by Crippen LogP contribution is 2.42. The normalized spacial score (nSPS) is 17.6. The second-order valence-corrected chi connectivity index (χ2v) is 5.58. The maximum atomic E-state index is 4.19. The monoisotopic (exact) mass is 237 g/mol. The van der Waals surface area contributed by atoms with Crippen molar-refractivity contribution in [2.75, 3.05) is 30.5 Å². The van der Waals surface area contributed by atoms with Crippen molar-refractivity contribution in [2.24, 2.45) is 0 Å². The number of nitrogens with one attached hydrogen (secondary N) is 2. The van der Waals surface area contributed by atoms with Crippen LogP contribution in [0.1, 0.15) is 19.3 Å². The summed E-state index contributed by atoms with van der Waals surface area (Å²) in [4.78, 5) is 4.19. The molecule has 3 nitrogen and oxygen atoms in total. The molecule has 0 aliphatic heterocycles. The van der Waals surface area contributed by atoms with Crippen LogP contribution in [0.4, 0.5) is 11.4 Å².